The molecule has 4 aromatic rings. The van der Waals surface area contributed by atoms with E-state index in [0.29, 0.717) is 12.1 Å². The molecule has 4 rings (SSSR count). The van der Waals surface area contributed by atoms with Gasteiger partial charge in [0.2, 0.25) is 5.91 Å². The fourth-order valence-corrected chi connectivity index (χ4v) is 4.52. The molecule has 1 heterocycles. The molecule has 0 bridgehead atoms. The van der Waals surface area contributed by atoms with Crippen molar-refractivity contribution < 1.29 is 22.7 Å². The number of rotatable bonds is 6. The summed E-state index contributed by atoms with van der Waals surface area (Å²) >= 11 is 1.49. The average molecular weight is 456 g/mol. The van der Waals surface area contributed by atoms with Crippen molar-refractivity contribution in [2.45, 2.75) is 26.1 Å². The van der Waals surface area contributed by atoms with E-state index in [2.05, 4.69) is 39.3 Å². The number of hydrogen-bond donors (Lipinski definition) is 1. The van der Waals surface area contributed by atoms with Crippen molar-refractivity contribution >= 4 is 33.7 Å². The Balaban J connectivity index is 1.41. The Bertz CT molecular complexity index is 1250. The molecule has 32 heavy (non-hydrogen) atoms. The summed E-state index contributed by atoms with van der Waals surface area (Å²) in [6.07, 6.45) is -3.94. The number of anilines is 1. The highest BCUT2D eigenvalue weighted by atomic mass is 32.1. The van der Waals surface area contributed by atoms with Gasteiger partial charge in [0.25, 0.3) is 0 Å². The van der Waals surface area contributed by atoms with E-state index in [1.807, 2.05) is 25.1 Å². The number of hydrogen-bond acceptors (Lipinski definition) is 4. The molecule has 1 amide bonds. The maximum Gasteiger partial charge on any atom is 0.573 e. The number of ether oxygens (including phenoxy) is 1. The van der Waals surface area contributed by atoms with E-state index in [-0.39, 0.29) is 18.1 Å². The Hall–Kier alpha value is -3.39. The van der Waals surface area contributed by atoms with Crippen LogP contribution in [-0.2, 0) is 17.6 Å². The number of halogens is 3. The van der Waals surface area contributed by atoms with Crippen LogP contribution >= 0.6 is 11.3 Å². The molecule has 4 nitrogen and oxygen atoms in total. The summed E-state index contributed by atoms with van der Waals surface area (Å²) in [6, 6.07) is 19.4. The van der Waals surface area contributed by atoms with Crippen LogP contribution in [0.5, 0.6) is 5.75 Å². The van der Waals surface area contributed by atoms with Crippen molar-refractivity contribution in [3.63, 3.8) is 0 Å². The van der Waals surface area contributed by atoms with Crippen LogP contribution in [0.25, 0.3) is 10.8 Å². The van der Waals surface area contributed by atoms with Crippen LogP contribution in [0, 0.1) is 6.92 Å². The monoisotopic (exact) mass is 456 g/mol. The molecule has 0 aliphatic rings. The zero-order valence-corrected chi connectivity index (χ0v) is 17.9. The number of aryl methyl sites for hydroxylation is 1. The Morgan fingerprint density at radius 3 is 2.50 bits per heavy atom. The smallest absolute Gasteiger partial charge is 0.406 e. The highest BCUT2D eigenvalue weighted by molar-refractivity contribution is 7.11. The number of nitrogens with one attached hydrogen (secondary N) is 1. The van der Waals surface area contributed by atoms with E-state index in [1.165, 1.54) is 39.8 Å². The topological polar surface area (TPSA) is 51.2 Å². The molecule has 0 spiro atoms. The van der Waals surface area contributed by atoms with Gasteiger partial charge < -0.3 is 10.1 Å². The van der Waals surface area contributed by atoms with Crippen molar-refractivity contribution in [2.75, 3.05) is 5.32 Å². The lowest BCUT2D eigenvalue weighted by Gasteiger charge is -2.09. The third-order valence-corrected chi connectivity index (χ3v) is 6.01. The molecule has 1 aromatic heterocycles. The molecular formula is C24H19F3N2O2S. The minimum atomic E-state index is -4.75. The highest BCUT2D eigenvalue weighted by Crippen LogP contribution is 2.27. The van der Waals surface area contributed by atoms with Crippen molar-refractivity contribution in [1.82, 2.24) is 4.98 Å². The standard InChI is InChI=1S/C24H19F3N2O2S/c1-15-21(14-22(30)29-18-9-11-19(12-10-18)31-24(25,26)27)32-23(28-15)13-17-7-4-6-16-5-2-3-8-20(16)17/h2-12H,13-14H2,1H3,(H,29,30). The molecule has 0 atom stereocenters. The first kappa shape index (κ1) is 21.8. The number of nitrogens with zero attached hydrogens (tertiary/aromatic N) is 1. The molecule has 3 aromatic carbocycles. The lowest BCUT2D eigenvalue weighted by molar-refractivity contribution is -0.274. The maximum atomic E-state index is 12.4. The van der Waals surface area contributed by atoms with Gasteiger partial charge in [-0.25, -0.2) is 4.98 Å². The van der Waals surface area contributed by atoms with Gasteiger partial charge in [-0.2, -0.15) is 0 Å². The van der Waals surface area contributed by atoms with E-state index in [4.69, 9.17) is 0 Å². The first-order chi connectivity index (χ1) is 15.3. The summed E-state index contributed by atoms with van der Waals surface area (Å²) < 4.78 is 40.6. The molecule has 0 fully saturated rings. The summed E-state index contributed by atoms with van der Waals surface area (Å²) in [6.45, 7) is 1.87. The second-order valence-corrected chi connectivity index (χ2v) is 8.40. The molecule has 0 unspecified atom stereocenters. The first-order valence-corrected chi connectivity index (χ1v) is 10.7. The molecule has 0 saturated carbocycles. The van der Waals surface area contributed by atoms with Crippen LogP contribution in [0.1, 0.15) is 21.1 Å². The molecular weight excluding hydrogens is 437 g/mol. The maximum absolute atomic E-state index is 12.4. The first-order valence-electron chi connectivity index (χ1n) is 9.84. The minimum absolute atomic E-state index is 0.139. The van der Waals surface area contributed by atoms with Crippen LogP contribution in [0.15, 0.2) is 66.7 Å². The van der Waals surface area contributed by atoms with Crippen LogP contribution in [0.2, 0.25) is 0 Å². The van der Waals surface area contributed by atoms with Gasteiger partial charge in [-0.1, -0.05) is 42.5 Å². The van der Waals surface area contributed by atoms with E-state index < -0.39 is 6.36 Å². The lowest BCUT2D eigenvalue weighted by atomic mass is 10.0. The van der Waals surface area contributed by atoms with Crippen molar-refractivity contribution in [1.29, 1.82) is 0 Å². The SMILES string of the molecule is Cc1nc(Cc2cccc3ccccc23)sc1CC(=O)Nc1ccc(OC(F)(F)F)cc1. The van der Waals surface area contributed by atoms with Gasteiger partial charge in [0.1, 0.15) is 5.75 Å². The number of benzene rings is 3. The predicted molar refractivity (Wildman–Crippen MR) is 119 cm³/mol. The van der Waals surface area contributed by atoms with Crippen molar-refractivity contribution in [3.05, 3.63) is 87.9 Å². The van der Waals surface area contributed by atoms with Crippen LogP contribution in [0.3, 0.4) is 0 Å². The fourth-order valence-electron chi connectivity index (χ4n) is 3.43. The molecule has 0 saturated heterocycles. The van der Waals surface area contributed by atoms with Crippen LogP contribution in [0.4, 0.5) is 18.9 Å². The number of aromatic nitrogens is 1. The number of carbonyl (C=O) groups is 1. The van der Waals surface area contributed by atoms with E-state index in [9.17, 15) is 18.0 Å². The second-order valence-electron chi connectivity index (χ2n) is 7.23. The molecule has 0 radical (unpaired) electrons. The van der Waals surface area contributed by atoms with Gasteiger partial charge in [-0.15, -0.1) is 24.5 Å². The van der Waals surface area contributed by atoms with Gasteiger partial charge in [0.05, 0.1) is 17.1 Å². The molecule has 8 heteroatoms. The van der Waals surface area contributed by atoms with Crippen molar-refractivity contribution in [3.8, 4) is 5.75 Å². The summed E-state index contributed by atoms with van der Waals surface area (Å²) in [5.41, 5.74) is 2.37. The Kier molecular flexibility index (Phi) is 6.14. The zero-order valence-electron chi connectivity index (χ0n) is 17.1. The molecule has 164 valence electrons. The number of alkyl halides is 3. The van der Waals surface area contributed by atoms with E-state index >= 15 is 0 Å². The van der Waals surface area contributed by atoms with Gasteiger partial charge in [0, 0.05) is 17.0 Å². The number of thiazole rings is 1. The number of carbonyl (C=O) groups excluding carboxylic acids is 1. The Morgan fingerprint density at radius 2 is 1.75 bits per heavy atom. The lowest BCUT2D eigenvalue weighted by Crippen LogP contribution is -2.17. The number of fused-ring (bicyclic) bond motifs is 1. The summed E-state index contributed by atoms with van der Waals surface area (Å²) in [5, 5.41) is 5.97. The third-order valence-electron chi connectivity index (χ3n) is 4.85. The van der Waals surface area contributed by atoms with E-state index in [0.717, 1.165) is 27.7 Å². The second kappa shape index (κ2) is 9.00. The van der Waals surface area contributed by atoms with Crippen molar-refractivity contribution in [2.24, 2.45) is 0 Å². The van der Waals surface area contributed by atoms with Crippen LogP contribution in [-0.4, -0.2) is 17.3 Å². The zero-order chi connectivity index (χ0) is 22.7. The Labute approximate surface area is 186 Å². The normalized spacial score (nSPS) is 11.5. The van der Waals surface area contributed by atoms with Crippen LogP contribution < -0.4 is 10.1 Å². The summed E-state index contributed by atoms with van der Waals surface area (Å²) in [4.78, 5) is 17.9. The van der Waals surface area contributed by atoms with Gasteiger partial charge >= 0.3 is 6.36 Å². The fraction of sp³-hybridized carbons (Fsp3) is 0.167. The third kappa shape index (κ3) is 5.45. The largest absolute Gasteiger partial charge is 0.573 e. The van der Waals surface area contributed by atoms with Gasteiger partial charge in [-0.05, 0) is 47.5 Å². The number of amides is 1. The highest BCUT2D eigenvalue weighted by Gasteiger charge is 2.31. The summed E-state index contributed by atoms with van der Waals surface area (Å²) in [7, 11) is 0. The predicted octanol–water partition coefficient (Wildman–Crippen LogP) is 6.28. The molecule has 0 aliphatic carbocycles. The minimum Gasteiger partial charge on any atom is -0.406 e. The van der Waals surface area contributed by atoms with E-state index in [1.54, 1.807) is 0 Å². The summed E-state index contributed by atoms with van der Waals surface area (Å²) in [5.74, 6) is -0.607. The average Bonchev–Trinajstić information content (AvgIpc) is 3.07. The van der Waals surface area contributed by atoms with Gasteiger partial charge in [0.15, 0.2) is 0 Å². The quantitative estimate of drug-likeness (QED) is 0.372. The molecule has 1 N–H and O–H groups in total. The molecule has 0 aliphatic heterocycles. The van der Waals surface area contributed by atoms with Gasteiger partial charge in [-0.3, -0.25) is 4.79 Å². The Morgan fingerprint density at radius 1 is 1.03 bits per heavy atom.